The largest absolute Gasteiger partial charge is 0.634 e. The summed E-state index contributed by atoms with van der Waals surface area (Å²) in [6, 6.07) is 41.3. The van der Waals surface area contributed by atoms with E-state index in [1.807, 2.05) is 201 Å². The minimum Gasteiger partial charge on any atom is -0.521 e. The second kappa shape index (κ2) is 38.5. The maximum absolute atomic E-state index is 15.3. The second-order valence-electron chi connectivity index (χ2n) is 35.7. The molecule has 5 aliphatic rings. The standard InChI is InChI=1S/C96H120B4N4O16/c1-17-57(13)81-93(109)117-97(61-33-25-21-26-34-61)113-89-73-45-69(85(105)77(89)49-101-81)65(41-53(5)6)74-47-71(87(107)79-51-103-83(59(15)19-3)94(110)118-98(114-90(74)79)62-35-27-22-28-36-62)67(43-55(9)10)76-48-72(88(108)80-52-104-84(60(16)20-4)96(112)120-100(116-92(76)80)64-39-31-24-32-40-64)68(44-56(11)12)75-46-70(66(73)42-54(7)8)86(106)78-50-102-82(58(14)18-2)95(111)119-99(115-91(75)78)63-37-29-23-30-38-63/h21-40,45-48,53-60,65-68,81-84,101-108H,17-20,41-44,49-52H2,1-16H3. The summed E-state index contributed by atoms with van der Waals surface area (Å²) in [5, 5.41) is 72.7. The number of phenols is 4. The molecule has 0 radical (unpaired) electrons. The number of nitrogens with one attached hydrogen (secondary N) is 4. The zero-order valence-corrected chi connectivity index (χ0v) is 72.6. The number of carbonyl (C=O) groups is 4. The molecule has 632 valence electrons. The van der Waals surface area contributed by atoms with Crippen LogP contribution in [-0.4, -0.2) is 96.9 Å². The van der Waals surface area contributed by atoms with E-state index in [1.54, 1.807) is 0 Å². The number of benzene rings is 8. The third-order valence-electron chi connectivity index (χ3n) is 25.4. The monoisotopic (exact) mass is 1630 g/mol. The molecular weight excluding hydrogens is 1510 g/mol. The lowest BCUT2D eigenvalue weighted by molar-refractivity contribution is -0.140. The SMILES string of the molecule is CCC(C)C1NCc2c(O)c3cc(c2OB(c2ccccc2)OC1=O)C(CC(C)C)c1cc(c2c(c1O)CNC(C(C)CC)C(=O)OB(c1ccccc1)O2)C(CC(C)C)c1cc(c2c(c1O)CNC(C(C)CC)C(=O)OB(c1ccccc1)O2)C(CC(C)C)c1cc(c2c(c1O)CNC(C(C)CC)C(=O)OB(c1ccccc1)O2)C3CC(C)C. The molecule has 4 aliphatic heterocycles. The van der Waals surface area contributed by atoms with E-state index in [0.717, 1.165) is 0 Å². The Morgan fingerprint density at radius 1 is 0.292 bits per heavy atom. The molecule has 13 rings (SSSR count). The van der Waals surface area contributed by atoms with Gasteiger partial charge in [0.2, 0.25) is 0 Å². The molecule has 12 unspecified atom stereocenters. The number of fused-ring (bicyclic) bond motifs is 16. The molecule has 0 saturated carbocycles. The van der Waals surface area contributed by atoms with Crippen LogP contribution in [0.4, 0.5) is 0 Å². The Kier molecular flexibility index (Phi) is 28.2. The van der Waals surface area contributed by atoms with Crippen molar-refractivity contribution in [1.29, 1.82) is 0 Å². The Morgan fingerprint density at radius 3 is 0.642 bits per heavy atom. The van der Waals surface area contributed by atoms with Crippen LogP contribution in [0.3, 0.4) is 0 Å². The zero-order valence-electron chi connectivity index (χ0n) is 72.6. The smallest absolute Gasteiger partial charge is 0.521 e. The highest BCUT2D eigenvalue weighted by Crippen LogP contribution is 2.58. The number of hydrogen-bond acceptors (Lipinski definition) is 20. The molecule has 20 nitrogen and oxygen atoms in total. The summed E-state index contributed by atoms with van der Waals surface area (Å²) < 4.78 is 57.1. The summed E-state index contributed by atoms with van der Waals surface area (Å²) >= 11 is 0. The number of phenolic OH excluding ortho intramolecular Hbond substituents is 4. The molecule has 8 aromatic carbocycles. The summed E-state index contributed by atoms with van der Waals surface area (Å²) in [6.07, 6.45) is 3.51. The summed E-state index contributed by atoms with van der Waals surface area (Å²) in [5.41, 5.74) is 6.84. The normalized spacial score (nSPS) is 21.5. The maximum Gasteiger partial charge on any atom is 0.634 e. The molecule has 0 amide bonds. The summed E-state index contributed by atoms with van der Waals surface area (Å²) in [7, 11) is -5.60. The van der Waals surface area contributed by atoms with Gasteiger partial charge in [-0.05, 0) is 97.3 Å². The van der Waals surface area contributed by atoms with E-state index >= 15 is 19.2 Å². The molecular formula is C96H120B4N4O16. The van der Waals surface area contributed by atoms with Gasteiger partial charge in [-0.15, -0.1) is 0 Å². The fourth-order valence-corrected chi connectivity index (χ4v) is 18.0. The molecule has 24 heteroatoms. The fraction of sp³-hybridized carbons (Fsp3) is 0.458. The predicted molar refractivity (Wildman–Crippen MR) is 472 cm³/mol. The first-order chi connectivity index (χ1) is 57.6. The highest BCUT2D eigenvalue weighted by molar-refractivity contribution is 6.65. The van der Waals surface area contributed by atoms with Crippen molar-refractivity contribution in [2.45, 2.75) is 236 Å². The minimum absolute atomic E-state index is 0.137. The molecule has 8 N–H and O–H groups in total. The van der Waals surface area contributed by atoms with Gasteiger partial charge in [-0.25, -0.2) is 0 Å². The van der Waals surface area contributed by atoms with Crippen molar-refractivity contribution >= 4 is 74.2 Å². The van der Waals surface area contributed by atoms with Crippen molar-refractivity contribution in [3.8, 4) is 46.0 Å². The van der Waals surface area contributed by atoms with Gasteiger partial charge in [0.25, 0.3) is 0 Å². The van der Waals surface area contributed by atoms with Crippen molar-refractivity contribution in [3.63, 3.8) is 0 Å². The van der Waals surface area contributed by atoms with Crippen molar-refractivity contribution in [2.75, 3.05) is 0 Å². The fourth-order valence-electron chi connectivity index (χ4n) is 18.0. The Morgan fingerprint density at radius 2 is 0.475 bits per heavy atom. The van der Waals surface area contributed by atoms with E-state index < -0.39 is 100 Å². The van der Waals surface area contributed by atoms with Gasteiger partial charge in [0.1, 0.15) is 70.2 Å². The van der Waals surface area contributed by atoms with Gasteiger partial charge in [-0.1, -0.05) is 258 Å². The van der Waals surface area contributed by atoms with Crippen molar-refractivity contribution in [3.05, 3.63) is 212 Å². The average molecular weight is 1630 g/mol. The third kappa shape index (κ3) is 18.6. The summed E-state index contributed by atoms with van der Waals surface area (Å²) in [5.74, 6) is -7.75. The first kappa shape index (κ1) is 87.9. The van der Waals surface area contributed by atoms with Crippen LogP contribution >= 0.6 is 0 Å². The van der Waals surface area contributed by atoms with Crippen LogP contribution in [0.15, 0.2) is 146 Å². The van der Waals surface area contributed by atoms with Crippen LogP contribution in [0.25, 0.3) is 0 Å². The first-order valence-electron chi connectivity index (χ1n) is 43.8. The number of aromatic hydroxyl groups is 4. The lowest BCUT2D eigenvalue weighted by atomic mass is 9.72. The quantitative estimate of drug-likeness (QED) is 0.0329. The number of rotatable bonds is 20. The molecule has 8 bridgehead atoms. The van der Waals surface area contributed by atoms with Crippen LogP contribution < -0.4 is 61.7 Å². The lowest BCUT2D eigenvalue weighted by Crippen LogP contribution is -2.48. The molecule has 0 fully saturated rings. The summed E-state index contributed by atoms with van der Waals surface area (Å²) in [6.45, 7) is 32.3. The minimum atomic E-state index is -1.40. The van der Waals surface area contributed by atoms with Crippen LogP contribution in [0.2, 0.25) is 0 Å². The van der Waals surface area contributed by atoms with E-state index in [1.165, 1.54) is 0 Å². The molecule has 4 heterocycles. The van der Waals surface area contributed by atoms with E-state index in [0.29, 0.717) is 118 Å². The topological polar surface area (TPSA) is 271 Å². The van der Waals surface area contributed by atoms with Gasteiger partial charge in [-0.2, -0.15) is 0 Å². The maximum atomic E-state index is 15.3. The highest BCUT2D eigenvalue weighted by atomic mass is 16.6. The second-order valence-corrected chi connectivity index (χ2v) is 35.7. The highest BCUT2D eigenvalue weighted by Gasteiger charge is 2.48. The molecule has 12 atom stereocenters. The van der Waals surface area contributed by atoms with E-state index in [2.05, 4.69) is 76.7 Å². The van der Waals surface area contributed by atoms with Gasteiger partial charge in [0.15, 0.2) is 0 Å². The molecule has 120 heavy (non-hydrogen) atoms. The Labute approximate surface area is 710 Å². The van der Waals surface area contributed by atoms with Gasteiger partial charge in [0.05, 0.1) is 0 Å². The predicted octanol–water partition coefficient (Wildman–Crippen LogP) is 14.9. The van der Waals surface area contributed by atoms with E-state index in [9.17, 15) is 20.4 Å². The Hall–Kier alpha value is -9.86. The third-order valence-corrected chi connectivity index (χ3v) is 25.4. The number of hydrogen-bond donors (Lipinski definition) is 8. The van der Waals surface area contributed by atoms with Crippen LogP contribution in [-0.2, 0) is 64.0 Å². The van der Waals surface area contributed by atoms with Gasteiger partial charge >= 0.3 is 52.4 Å². The van der Waals surface area contributed by atoms with Crippen molar-refractivity contribution in [1.82, 2.24) is 21.3 Å². The van der Waals surface area contributed by atoms with Gasteiger partial charge in [0, 0.05) is 138 Å². The van der Waals surface area contributed by atoms with Crippen LogP contribution in [0, 0.1) is 47.3 Å². The Bertz CT molecular complexity index is 4330. The number of carbonyl (C=O) groups excluding carboxylic acids is 4. The van der Waals surface area contributed by atoms with Crippen molar-refractivity contribution in [2.24, 2.45) is 47.3 Å². The first-order valence-corrected chi connectivity index (χ1v) is 43.8. The van der Waals surface area contributed by atoms with Crippen molar-refractivity contribution < 1.29 is 76.8 Å². The van der Waals surface area contributed by atoms with Gasteiger partial charge in [-0.3, -0.25) is 40.4 Å². The average Bonchev–Trinajstić information content (AvgIpc) is 0.874. The molecule has 1 aliphatic carbocycles. The van der Waals surface area contributed by atoms with E-state index in [4.69, 9.17) is 37.2 Å². The molecule has 8 aromatic rings. The summed E-state index contributed by atoms with van der Waals surface area (Å²) in [4.78, 5) is 61.0. The molecule has 0 spiro atoms. The molecule has 0 aromatic heterocycles. The van der Waals surface area contributed by atoms with Crippen LogP contribution in [0.5, 0.6) is 46.0 Å². The van der Waals surface area contributed by atoms with Gasteiger partial charge < -0.3 is 57.7 Å². The lowest BCUT2D eigenvalue weighted by Gasteiger charge is -2.35. The van der Waals surface area contributed by atoms with Crippen LogP contribution in [0.1, 0.15) is 253 Å². The van der Waals surface area contributed by atoms with E-state index in [-0.39, 0.29) is 142 Å². The molecule has 0 saturated heterocycles. The Balaban J connectivity index is 1.28. The zero-order chi connectivity index (χ0) is 85.7.